The minimum atomic E-state index is -0.340. The zero-order valence-electron chi connectivity index (χ0n) is 16.6. The van der Waals surface area contributed by atoms with Gasteiger partial charge >= 0.3 is 5.63 Å². The van der Waals surface area contributed by atoms with E-state index in [1.165, 1.54) is 23.4 Å². The molecule has 0 aliphatic heterocycles. The molecule has 0 unspecified atom stereocenters. The van der Waals surface area contributed by atoms with Gasteiger partial charge in [0.15, 0.2) is 5.17 Å². The molecule has 0 radical (unpaired) electrons. The number of aliphatic imine (C=N–C) groups is 1. The normalized spacial score (nSPS) is 13.0. The van der Waals surface area contributed by atoms with Gasteiger partial charge in [-0.3, -0.25) is 0 Å². The molecule has 2 N–H and O–H groups in total. The number of amidine groups is 1. The lowest BCUT2D eigenvalue weighted by Crippen LogP contribution is -2.07. The van der Waals surface area contributed by atoms with Gasteiger partial charge in [-0.15, -0.1) is 0 Å². The molecule has 0 bridgehead atoms. The van der Waals surface area contributed by atoms with Crippen LogP contribution in [0.1, 0.15) is 49.8 Å². The largest absolute Gasteiger partial charge is 0.423 e. The molecule has 0 fully saturated rings. The standard InChI is InChI=1S/C23H26N2O2S/c1-4-15(3)17-7-9-19(10-8-17)25-23(24)28-14-18-13-22(26)27-21-12-16(5-2)6-11-20(18)21/h6-13,15H,4-5,14H2,1-3H3,(H2,24,25)/t15-/m1/s1. The van der Waals surface area contributed by atoms with Crippen molar-refractivity contribution >= 4 is 33.6 Å². The van der Waals surface area contributed by atoms with Crippen LogP contribution in [0.3, 0.4) is 0 Å². The Morgan fingerprint density at radius 3 is 2.57 bits per heavy atom. The van der Waals surface area contributed by atoms with Crippen molar-refractivity contribution in [2.24, 2.45) is 10.7 Å². The Hall–Kier alpha value is -2.53. The first-order valence-corrected chi connectivity index (χ1v) is 10.6. The number of nitrogens with zero attached hydrogens (tertiary/aromatic N) is 1. The second-order valence-electron chi connectivity index (χ2n) is 6.91. The van der Waals surface area contributed by atoms with Crippen LogP contribution in [0.25, 0.3) is 11.0 Å². The van der Waals surface area contributed by atoms with Crippen molar-refractivity contribution in [3.05, 3.63) is 75.6 Å². The maximum Gasteiger partial charge on any atom is 0.336 e. The van der Waals surface area contributed by atoms with Gasteiger partial charge in [0, 0.05) is 17.2 Å². The van der Waals surface area contributed by atoms with Crippen molar-refractivity contribution in [1.82, 2.24) is 0 Å². The average Bonchev–Trinajstić information content (AvgIpc) is 2.71. The number of thioether (sulfide) groups is 1. The quantitative estimate of drug-likeness (QED) is 0.328. The molecule has 2 aromatic carbocycles. The smallest absolute Gasteiger partial charge is 0.336 e. The van der Waals surface area contributed by atoms with Crippen molar-refractivity contribution in [1.29, 1.82) is 0 Å². The van der Waals surface area contributed by atoms with Gasteiger partial charge in [0.2, 0.25) is 0 Å². The van der Waals surface area contributed by atoms with Gasteiger partial charge in [-0.25, -0.2) is 9.79 Å². The Morgan fingerprint density at radius 1 is 1.14 bits per heavy atom. The first-order valence-electron chi connectivity index (χ1n) is 9.62. The Morgan fingerprint density at radius 2 is 1.89 bits per heavy atom. The molecule has 4 nitrogen and oxygen atoms in total. The highest BCUT2D eigenvalue weighted by atomic mass is 32.2. The molecule has 5 heteroatoms. The number of fused-ring (bicyclic) bond motifs is 1. The molecule has 1 aromatic heterocycles. The van der Waals surface area contributed by atoms with E-state index in [0.29, 0.717) is 22.4 Å². The Kier molecular flexibility index (Phi) is 6.57. The molecule has 1 heterocycles. The summed E-state index contributed by atoms with van der Waals surface area (Å²) in [5.74, 6) is 1.10. The molecule has 0 amide bonds. The van der Waals surface area contributed by atoms with Crippen LogP contribution < -0.4 is 11.4 Å². The summed E-state index contributed by atoms with van der Waals surface area (Å²) in [5.41, 5.74) is 10.6. The Balaban J connectivity index is 1.76. The summed E-state index contributed by atoms with van der Waals surface area (Å²) in [6.45, 7) is 6.47. The first-order chi connectivity index (χ1) is 13.5. The SMILES string of the molecule is CCc1ccc2c(CSC(N)=Nc3ccc([C@H](C)CC)cc3)cc(=O)oc2c1. The molecule has 3 rings (SSSR count). The third-order valence-corrected chi connectivity index (χ3v) is 5.83. The van der Waals surface area contributed by atoms with Crippen LogP contribution in [0.4, 0.5) is 5.69 Å². The Labute approximate surface area is 169 Å². The molecule has 0 aliphatic carbocycles. The summed E-state index contributed by atoms with van der Waals surface area (Å²) in [7, 11) is 0. The van der Waals surface area contributed by atoms with E-state index >= 15 is 0 Å². The first kappa shape index (κ1) is 20.2. The maximum atomic E-state index is 11.9. The van der Waals surface area contributed by atoms with Crippen LogP contribution >= 0.6 is 11.8 Å². The molecule has 1 atom stereocenters. The van der Waals surface area contributed by atoms with Crippen LogP contribution in [0.5, 0.6) is 0 Å². The number of nitrogens with two attached hydrogens (primary N) is 1. The molecular formula is C23H26N2O2S. The molecule has 3 aromatic rings. The highest BCUT2D eigenvalue weighted by Crippen LogP contribution is 2.25. The van der Waals surface area contributed by atoms with E-state index in [1.807, 2.05) is 24.3 Å². The van der Waals surface area contributed by atoms with Crippen LogP contribution in [0.15, 0.2) is 62.7 Å². The number of rotatable bonds is 6. The predicted molar refractivity (Wildman–Crippen MR) is 120 cm³/mol. The van der Waals surface area contributed by atoms with Crippen LogP contribution in [-0.2, 0) is 12.2 Å². The van der Waals surface area contributed by atoms with Crippen molar-refractivity contribution in [3.63, 3.8) is 0 Å². The monoisotopic (exact) mass is 394 g/mol. The third-order valence-electron chi connectivity index (χ3n) is 4.99. The lowest BCUT2D eigenvalue weighted by atomic mass is 9.99. The summed E-state index contributed by atoms with van der Waals surface area (Å²) in [4.78, 5) is 16.4. The van der Waals surface area contributed by atoms with Crippen molar-refractivity contribution in [2.75, 3.05) is 0 Å². The third kappa shape index (κ3) is 4.84. The molecule has 0 aliphatic rings. The van der Waals surface area contributed by atoms with Gasteiger partial charge in [0.1, 0.15) is 5.58 Å². The molecule has 0 saturated carbocycles. The summed E-state index contributed by atoms with van der Waals surface area (Å²) < 4.78 is 5.36. The Bertz CT molecular complexity index is 1040. The van der Waals surface area contributed by atoms with Crippen LogP contribution in [0.2, 0.25) is 0 Å². The van der Waals surface area contributed by atoms with Crippen molar-refractivity contribution < 1.29 is 4.42 Å². The zero-order chi connectivity index (χ0) is 20.1. The summed E-state index contributed by atoms with van der Waals surface area (Å²) >= 11 is 1.42. The van der Waals surface area contributed by atoms with E-state index in [4.69, 9.17) is 10.2 Å². The fraction of sp³-hybridized carbons (Fsp3) is 0.304. The van der Waals surface area contributed by atoms with Crippen molar-refractivity contribution in [3.8, 4) is 0 Å². The fourth-order valence-electron chi connectivity index (χ4n) is 3.04. The van der Waals surface area contributed by atoms with E-state index < -0.39 is 0 Å². The minimum Gasteiger partial charge on any atom is -0.423 e. The molecule has 28 heavy (non-hydrogen) atoms. The van der Waals surface area contributed by atoms with E-state index in [1.54, 1.807) is 0 Å². The number of benzene rings is 2. The van der Waals surface area contributed by atoms with Crippen LogP contribution in [0, 0.1) is 0 Å². The lowest BCUT2D eigenvalue weighted by molar-refractivity contribution is 0.559. The summed E-state index contributed by atoms with van der Waals surface area (Å²) in [5, 5.41) is 1.41. The molecule has 0 spiro atoms. The van der Waals surface area contributed by atoms with Gasteiger partial charge in [-0.05, 0) is 53.6 Å². The topological polar surface area (TPSA) is 68.6 Å². The second kappa shape index (κ2) is 9.11. The van der Waals surface area contributed by atoms with Gasteiger partial charge in [-0.1, -0.05) is 56.8 Å². The van der Waals surface area contributed by atoms with Gasteiger partial charge in [0.05, 0.1) is 5.69 Å². The molecule has 0 saturated heterocycles. The van der Waals surface area contributed by atoms with E-state index in [-0.39, 0.29) is 5.63 Å². The van der Waals surface area contributed by atoms with Gasteiger partial charge in [0.25, 0.3) is 0 Å². The van der Waals surface area contributed by atoms with Crippen LogP contribution in [-0.4, -0.2) is 5.17 Å². The molecular weight excluding hydrogens is 368 g/mol. The average molecular weight is 395 g/mol. The highest BCUT2D eigenvalue weighted by Gasteiger charge is 2.08. The van der Waals surface area contributed by atoms with Crippen molar-refractivity contribution in [2.45, 2.75) is 45.3 Å². The predicted octanol–water partition coefficient (Wildman–Crippen LogP) is 5.75. The summed E-state index contributed by atoms with van der Waals surface area (Å²) in [6.07, 6.45) is 2.01. The minimum absolute atomic E-state index is 0.340. The number of hydrogen-bond acceptors (Lipinski definition) is 4. The maximum absolute atomic E-state index is 11.9. The van der Waals surface area contributed by atoms with E-state index in [2.05, 4.69) is 44.0 Å². The summed E-state index contributed by atoms with van der Waals surface area (Å²) in [6, 6.07) is 15.7. The zero-order valence-corrected chi connectivity index (χ0v) is 17.4. The van der Waals surface area contributed by atoms with E-state index in [9.17, 15) is 4.79 Å². The fourth-order valence-corrected chi connectivity index (χ4v) is 3.75. The molecule has 146 valence electrons. The van der Waals surface area contributed by atoms with Gasteiger partial charge < -0.3 is 10.2 Å². The second-order valence-corrected chi connectivity index (χ2v) is 7.91. The number of aryl methyl sites for hydroxylation is 1. The highest BCUT2D eigenvalue weighted by molar-refractivity contribution is 8.13. The van der Waals surface area contributed by atoms with Gasteiger partial charge in [-0.2, -0.15) is 0 Å². The number of hydrogen-bond donors (Lipinski definition) is 1. The lowest BCUT2D eigenvalue weighted by Gasteiger charge is -2.09. The van der Waals surface area contributed by atoms with E-state index in [0.717, 1.165) is 35.0 Å².